The Morgan fingerprint density at radius 2 is 1.95 bits per heavy atom. The quantitative estimate of drug-likeness (QED) is 0.919. The van der Waals surface area contributed by atoms with Crippen molar-refractivity contribution in [2.45, 2.75) is 18.9 Å². The van der Waals surface area contributed by atoms with E-state index in [1.807, 2.05) is 46.8 Å². The SMILES string of the molecule is Cn1c(C(=O)N2CCC[C@H](N)C2)ccc1-c1ccccc1. The zero-order valence-electron chi connectivity index (χ0n) is 12.3. The van der Waals surface area contributed by atoms with Crippen molar-refractivity contribution in [2.24, 2.45) is 12.8 Å². The lowest BCUT2D eigenvalue weighted by Gasteiger charge is -2.30. The molecule has 1 aliphatic rings. The molecule has 4 heteroatoms. The molecule has 1 aromatic carbocycles. The minimum Gasteiger partial charge on any atom is -0.340 e. The number of carbonyl (C=O) groups is 1. The lowest BCUT2D eigenvalue weighted by Crippen LogP contribution is -2.46. The fourth-order valence-electron chi connectivity index (χ4n) is 2.98. The van der Waals surface area contributed by atoms with E-state index in [1.165, 1.54) is 0 Å². The second-order valence-electron chi connectivity index (χ2n) is 5.68. The number of carbonyl (C=O) groups excluding carboxylic acids is 1. The van der Waals surface area contributed by atoms with Gasteiger partial charge in [-0.15, -0.1) is 0 Å². The third kappa shape index (κ3) is 2.72. The van der Waals surface area contributed by atoms with Crippen LogP contribution >= 0.6 is 0 Å². The molecular weight excluding hydrogens is 262 g/mol. The van der Waals surface area contributed by atoms with E-state index in [1.54, 1.807) is 0 Å². The molecule has 0 bridgehead atoms. The van der Waals surface area contributed by atoms with Crippen molar-refractivity contribution >= 4 is 5.91 Å². The number of piperidine rings is 1. The van der Waals surface area contributed by atoms with Gasteiger partial charge in [0.25, 0.3) is 5.91 Å². The Labute approximate surface area is 125 Å². The molecule has 1 fully saturated rings. The average molecular weight is 283 g/mol. The molecule has 3 rings (SSSR count). The molecule has 1 saturated heterocycles. The molecule has 110 valence electrons. The summed E-state index contributed by atoms with van der Waals surface area (Å²) in [6.45, 7) is 1.46. The lowest BCUT2D eigenvalue weighted by atomic mass is 10.1. The van der Waals surface area contributed by atoms with Crippen LogP contribution < -0.4 is 5.73 Å². The van der Waals surface area contributed by atoms with Gasteiger partial charge in [0.15, 0.2) is 0 Å². The number of benzene rings is 1. The molecule has 0 spiro atoms. The van der Waals surface area contributed by atoms with E-state index in [9.17, 15) is 4.79 Å². The highest BCUT2D eigenvalue weighted by atomic mass is 16.2. The van der Waals surface area contributed by atoms with Crippen LogP contribution in [0.25, 0.3) is 11.3 Å². The summed E-state index contributed by atoms with van der Waals surface area (Å²) in [5, 5.41) is 0. The van der Waals surface area contributed by atoms with Crippen LogP contribution in [0.2, 0.25) is 0 Å². The fraction of sp³-hybridized carbons (Fsp3) is 0.353. The second-order valence-corrected chi connectivity index (χ2v) is 5.68. The first-order valence-corrected chi connectivity index (χ1v) is 7.43. The van der Waals surface area contributed by atoms with E-state index in [4.69, 9.17) is 5.73 Å². The largest absolute Gasteiger partial charge is 0.340 e. The van der Waals surface area contributed by atoms with Gasteiger partial charge in [0.2, 0.25) is 0 Å². The van der Waals surface area contributed by atoms with E-state index in [0.717, 1.165) is 36.3 Å². The summed E-state index contributed by atoms with van der Waals surface area (Å²) in [6.07, 6.45) is 2.00. The number of hydrogen-bond acceptors (Lipinski definition) is 2. The van der Waals surface area contributed by atoms with Gasteiger partial charge in [-0.2, -0.15) is 0 Å². The summed E-state index contributed by atoms with van der Waals surface area (Å²) in [5.74, 6) is 0.0785. The van der Waals surface area contributed by atoms with Crippen molar-refractivity contribution in [3.63, 3.8) is 0 Å². The highest BCUT2D eigenvalue weighted by Crippen LogP contribution is 2.22. The molecule has 21 heavy (non-hydrogen) atoms. The number of hydrogen-bond donors (Lipinski definition) is 1. The van der Waals surface area contributed by atoms with E-state index >= 15 is 0 Å². The van der Waals surface area contributed by atoms with E-state index in [2.05, 4.69) is 12.1 Å². The Morgan fingerprint density at radius 1 is 1.19 bits per heavy atom. The molecule has 1 atom stereocenters. The lowest BCUT2D eigenvalue weighted by molar-refractivity contribution is 0.0699. The van der Waals surface area contributed by atoms with Crippen molar-refractivity contribution in [2.75, 3.05) is 13.1 Å². The third-order valence-corrected chi connectivity index (χ3v) is 4.16. The Hall–Kier alpha value is -2.07. The third-order valence-electron chi connectivity index (χ3n) is 4.16. The van der Waals surface area contributed by atoms with Crippen LogP contribution in [0.5, 0.6) is 0 Å². The zero-order chi connectivity index (χ0) is 14.8. The van der Waals surface area contributed by atoms with Crippen LogP contribution in [0.3, 0.4) is 0 Å². The van der Waals surface area contributed by atoms with Crippen molar-refractivity contribution in [3.05, 3.63) is 48.2 Å². The molecule has 0 aliphatic carbocycles. The molecule has 0 unspecified atom stereocenters. The van der Waals surface area contributed by atoms with Gasteiger partial charge in [0, 0.05) is 31.9 Å². The van der Waals surface area contributed by atoms with E-state index < -0.39 is 0 Å². The van der Waals surface area contributed by atoms with Crippen molar-refractivity contribution < 1.29 is 4.79 Å². The predicted molar refractivity (Wildman–Crippen MR) is 84.0 cm³/mol. The maximum absolute atomic E-state index is 12.7. The molecule has 2 heterocycles. The van der Waals surface area contributed by atoms with Crippen molar-refractivity contribution in [1.29, 1.82) is 0 Å². The van der Waals surface area contributed by atoms with Crippen LogP contribution in [0, 0.1) is 0 Å². The topological polar surface area (TPSA) is 51.3 Å². The van der Waals surface area contributed by atoms with Crippen LogP contribution in [-0.2, 0) is 7.05 Å². The Bertz CT molecular complexity index is 633. The minimum absolute atomic E-state index is 0.0785. The van der Waals surface area contributed by atoms with Crippen LogP contribution in [-0.4, -0.2) is 34.5 Å². The van der Waals surface area contributed by atoms with Crippen LogP contribution in [0.4, 0.5) is 0 Å². The maximum atomic E-state index is 12.7. The van der Waals surface area contributed by atoms with E-state index in [0.29, 0.717) is 6.54 Å². The van der Waals surface area contributed by atoms with Gasteiger partial charge in [-0.05, 0) is 30.5 Å². The van der Waals surface area contributed by atoms with Crippen molar-refractivity contribution in [1.82, 2.24) is 9.47 Å². The normalized spacial score (nSPS) is 18.8. The highest BCUT2D eigenvalue weighted by Gasteiger charge is 2.24. The standard InChI is InChI=1S/C17H21N3O/c1-19-15(13-6-3-2-4-7-13)9-10-16(19)17(21)20-11-5-8-14(18)12-20/h2-4,6-7,9-10,14H,5,8,11-12,18H2,1H3/t14-/m0/s1. The number of nitrogens with two attached hydrogens (primary N) is 1. The van der Waals surface area contributed by atoms with Gasteiger partial charge in [0.1, 0.15) is 5.69 Å². The predicted octanol–water partition coefficient (Wildman–Crippen LogP) is 2.26. The summed E-state index contributed by atoms with van der Waals surface area (Å²) < 4.78 is 1.97. The summed E-state index contributed by atoms with van der Waals surface area (Å²) in [4.78, 5) is 14.5. The summed E-state index contributed by atoms with van der Waals surface area (Å²) >= 11 is 0. The highest BCUT2D eigenvalue weighted by molar-refractivity contribution is 5.94. The number of likely N-dealkylation sites (tertiary alicyclic amines) is 1. The molecule has 0 saturated carbocycles. The van der Waals surface area contributed by atoms with Gasteiger partial charge in [-0.25, -0.2) is 0 Å². The second kappa shape index (κ2) is 5.74. The summed E-state index contributed by atoms with van der Waals surface area (Å²) in [5.41, 5.74) is 8.88. The van der Waals surface area contributed by atoms with E-state index in [-0.39, 0.29) is 11.9 Å². The van der Waals surface area contributed by atoms with Gasteiger partial charge < -0.3 is 15.2 Å². The monoisotopic (exact) mass is 283 g/mol. The molecule has 2 aromatic rings. The Morgan fingerprint density at radius 3 is 2.67 bits per heavy atom. The average Bonchev–Trinajstić information content (AvgIpc) is 2.89. The summed E-state index contributed by atoms with van der Waals surface area (Å²) in [7, 11) is 1.94. The Kier molecular flexibility index (Phi) is 3.80. The molecule has 1 aromatic heterocycles. The summed E-state index contributed by atoms with van der Waals surface area (Å²) in [6, 6.07) is 14.1. The number of amides is 1. The van der Waals surface area contributed by atoms with Gasteiger partial charge in [-0.1, -0.05) is 30.3 Å². The van der Waals surface area contributed by atoms with Crippen LogP contribution in [0.15, 0.2) is 42.5 Å². The van der Waals surface area contributed by atoms with Crippen LogP contribution in [0.1, 0.15) is 23.3 Å². The number of aromatic nitrogens is 1. The molecule has 2 N–H and O–H groups in total. The molecule has 0 radical (unpaired) electrons. The molecule has 1 aliphatic heterocycles. The van der Waals surface area contributed by atoms with Gasteiger partial charge >= 0.3 is 0 Å². The molecular formula is C17H21N3O. The first-order valence-electron chi connectivity index (χ1n) is 7.43. The smallest absolute Gasteiger partial charge is 0.270 e. The van der Waals surface area contributed by atoms with Gasteiger partial charge in [0.05, 0.1) is 0 Å². The molecule has 1 amide bonds. The van der Waals surface area contributed by atoms with Gasteiger partial charge in [-0.3, -0.25) is 4.79 Å². The van der Waals surface area contributed by atoms with Crippen molar-refractivity contribution in [3.8, 4) is 11.3 Å². The fourth-order valence-corrected chi connectivity index (χ4v) is 2.98. The minimum atomic E-state index is 0.0785. The zero-order valence-corrected chi connectivity index (χ0v) is 12.3. The Balaban J connectivity index is 1.87. The number of nitrogens with zero attached hydrogens (tertiary/aromatic N) is 2. The first kappa shape index (κ1) is 13.9. The molecule has 4 nitrogen and oxygen atoms in total. The number of rotatable bonds is 2. The maximum Gasteiger partial charge on any atom is 0.270 e. The first-order chi connectivity index (χ1) is 10.2.